The Hall–Kier alpha value is -2.98. The van der Waals surface area contributed by atoms with Gasteiger partial charge in [-0.05, 0) is 41.3 Å². The third-order valence-corrected chi connectivity index (χ3v) is 6.22. The largest absolute Gasteiger partial charge is 0.481 e. The lowest BCUT2D eigenvalue weighted by Gasteiger charge is -2.15. The molecule has 162 valence electrons. The van der Waals surface area contributed by atoms with E-state index in [1.807, 2.05) is 6.07 Å². The predicted molar refractivity (Wildman–Crippen MR) is 109 cm³/mol. The maximum atomic E-state index is 13.0. The van der Waals surface area contributed by atoms with Gasteiger partial charge in [0, 0.05) is 5.92 Å². The zero-order valence-corrected chi connectivity index (χ0v) is 17.4. The molecule has 0 heterocycles. The minimum Gasteiger partial charge on any atom is -0.481 e. The second kappa shape index (κ2) is 7.93. The molecule has 8 heteroatoms. The number of ether oxygens (including phenoxy) is 1. The lowest BCUT2D eigenvalue weighted by atomic mass is 9.89. The fraction of sp³-hybridized carbons (Fsp3) is 0.304. The Morgan fingerprint density at radius 1 is 1.19 bits per heavy atom. The summed E-state index contributed by atoms with van der Waals surface area (Å²) in [5, 5.41) is 18.2. The summed E-state index contributed by atoms with van der Waals surface area (Å²) < 4.78 is 44.9. The monoisotopic (exact) mass is 449 g/mol. The van der Waals surface area contributed by atoms with Gasteiger partial charge in [-0.3, -0.25) is 4.79 Å². The number of benzene rings is 2. The van der Waals surface area contributed by atoms with Gasteiger partial charge >= 0.3 is 12.1 Å². The van der Waals surface area contributed by atoms with Crippen LogP contribution in [-0.2, 0) is 4.79 Å². The highest BCUT2D eigenvalue weighted by atomic mass is 35.5. The Labute approximate surface area is 182 Å². The number of halogens is 4. The number of rotatable bonds is 6. The zero-order valence-electron chi connectivity index (χ0n) is 16.7. The van der Waals surface area contributed by atoms with Gasteiger partial charge in [-0.15, -0.1) is 0 Å². The minimum atomic E-state index is -4.88. The van der Waals surface area contributed by atoms with Crippen molar-refractivity contribution < 1.29 is 27.8 Å². The van der Waals surface area contributed by atoms with Gasteiger partial charge in [0.25, 0.3) is 0 Å². The van der Waals surface area contributed by atoms with Crippen molar-refractivity contribution in [3.63, 3.8) is 0 Å². The topological polar surface area (TPSA) is 70.3 Å². The summed E-state index contributed by atoms with van der Waals surface area (Å²) in [5.41, 5.74) is -2.62. The molecule has 1 aliphatic rings. The number of alkyl halides is 3. The number of hydrogen-bond acceptors (Lipinski definition) is 3. The number of allylic oxidation sites excluding steroid dienone is 1. The molecule has 0 amide bonds. The van der Waals surface area contributed by atoms with Crippen LogP contribution < -0.4 is 4.74 Å². The van der Waals surface area contributed by atoms with Crippen molar-refractivity contribution in [1.82, 2.24) is 0 Å². The first kappa shape index (κ1) is 22.7. The molecule has 4 nitrogen and oxygen atoms in total. The molecular weight excluding hydrogens is 431 g/mol. The molecule has 0 aliphatic heterocycles. The average Bonchev–Trinajstić information content (AvgIpc) is 3.18. The molecule has 0 radical (unpaired) electrons. The van der Waals surface area contributed by atoms with Crippen LogP contribution in [0.25, 0.3) is 0 Å². The highest BCUT2D eigenvalue weighted by Gasteiger charge is 2.77. The Morgan fingerprint density at radius 2 is 1.81 bits per heavy atom. The lowest BCUT2D eigenvalue weighted by Crippen LogP contribution is -2.22. The zero-order chi connectivity index (χ0) is 23.0. The van der Waals surface area contributed by atoms with Crippen LogP contribution in [-0.4, -0.2) is 17.3 Å². The molecular formula is C23H19ClF3NO3. The summed E-state index contributed by atoms with van der Waals surface area (Å²) >= 11 is 5.40. The number of carboxylic acid groups (broad SMARTS) is 1. The number of carboxylic acids is 1. The van der Waals surface area contributed by atoms with Crippen LogP contribution in [0.15, 0.2) is 65.7 Å². The van der Waals surface area contributed by atoms with E-state index in [1.165, 1.54) is 13.8 Å². The van der Waals surface area contributed by atoms with Gasteiger partial charge in [0.15, 0.2) is 0 Å². The first-order chi connectivity index (χ1) is 14.4. The third kappa shape index (κ3) is 4.00. The molecule has 1 saturated carbocycles. The number of hydrogen-bond donors (Lipinski definition) is 1. The smallest absolute Gasteiger partial charge is 0.426 e. The Bertz CT molecular complexity index is 1060. The number of nitrogens with zero attached hydrogens (tertiary/aromatic N) is 1. The molecule has 0 aromatic heterocycles. The molecule has 1 aliphatic carbocycles. The summed E-state index contributed by atoms with van der Waals surface area (Å²) in [6.07, 6.45) is -4.34. The van der Waals surface area contributed by atoms with E-state index in [2.05, 4.69) is 6.07 Å². The first-order valence-electron chi connectivity index (χ1n) is 9.36. The van der Waals surface area contributed by atoms with Crippen LogP contribution in [0, 0.1) is 28.1 Å². The first-order valence-corrected chi connectivity index (χ1v) is 9.74. The molecule has 3 rings (SSSR count). The van der Waals surface area contributed by atoms with E-state index in [0.29, 0.717) is 23.1 Å². The van der Waals surface area contributed by atoms with Crippen molar-refractivity contribution >= 4 is 17.6 Å². The van der Waals surface area contributed by atoms with Gasteiger partial charge in [0.2, 0.25) is 0 Å². The van der Waals surface area contributed by atoms with E-state index >= 15 is 0 Å². The van der Waals surface area contributed by atoms with Crippen LogP contribution in [0.3, 0.4) is 0 Å². The molecule has 1 fully saturated rings. The van der Waals surface area contributed by atoms with Gasteiger partial charge < -0.3 is 9.84 Å². The normalized spacial score (nSPS) is 23.5. The van der Waals surface area contributed by atoms with Crippen molar-refractivity contribution in [1.29, 1.82) is 5.26 Å². The standard InChI is InChI=1S/C23H19ClF3NO3/c1-21(2)19(22(21,20(29)30)12-18(24)23(25,26)27)17(13-28)14-7-6-10-16(11-14)31-15-8-4-3-5-9-15/h3-12,17,19H,1-2H3,(H,29,30)/b18-12-. The van der Waals surface area contributed by atoms with Crippen molar-refractivity contribution in [2.75, 3.05) is 0 Å². The maximum absolute atomic E-state index is 13.0. The van der Waals surface area contributed by atoms with E-state index in [0.717, 1.165) is 0 Å². The second-order valence-electron chi connectivity index (χ2n) is 7.96. The summed E-state index contributed by atoms with van der Waals surface area (Å²) in [6, 6.07) is 17.5. The van der Waals surface area contributed by atoms with E-state index in [9.17, 15) is 28.3 Å². The molecule has 2 aromatic carbocycles. The predicted octanol–water partition coefficient (Wildman–Crippen LogP) is 6.50. The minimum absolute atomic E-state index is 0.423. The molecule has 2 aromatic rings. The van der Waals surface area contributed by atoms with E-state index < -0.39 is 39.8 Å². The molecule has 1 N–H and O–H groups in total. The maximum Gasteiger partial charge on any atom is 0.426 e. The highest BCUT2D eigenvalue weighted by molar-refractivity contribution is 6.30. The van der Waals surface area contributed by atoms with Gasteiger partial charge in [-0.2, -0.15) is 18.4 Å². The molecule has 0 saturated heterocycles. The fourth-order valence-corrected chi connectivity index (χ4v) is 4.45. The summed E-state index contributed by atoms with van der Waals surface area (Å²) in [6.45, 7) is 3.05. The SMILES string of the molecule is CC1(C)C(C(C#N)c2cccc(Oc3ccccc3)c2)C1(/C=C(\Cl)C(F)(F)F)C(=O)O. The Balaban J connectivity index is 2.00. The van der Waals surface area contributed by atoms with Crippen LogP contribution in [0.4, 0.5) is 13.2 Å². The van der Waals surface area contributed by atoms with E-state index in [-0.39, 0.29) is 0 Å². The second-order valence-corrected chi connectivity index (χ2v) is 8.37. The van der Waals surface area contributed by atoms with Crippen molar-refractivity contribution in [2.24, 2.45) is 16.7 Å². The van der Waals surface area contributed by atoms with Gasteiger partial charge in [0.05, 0.1) is 17.4 Å². The van der Waals surface area contributed by atoms with Crippen molar-refractivity contribution in [2.45, 2.75) is 25.9 Å². The number of para-hydroxylation sites is 1. The van der Waals surface area contributed by atoms with Crippen LogP contribution in [0.2, 0.25) is 0 Å². The summed E-state index contributed by atoms with van der Waals surface area (Å²) in [7, 11) is 0. The number of nitriles is 1. The molecule has 31 heavy (non-hydrogen) atoms. The summed E-state index contributed by atoms with van der Waals surface area (Å²) in [4.78, 5) is 12.1. The van der Waals surface area contributed by atoms with Gasteiger partial charge in [0.1, 0.15) is 16.5 Å². The number of carbonyl (C=O) groups is 1. The average molecular weight is 450 g/mol. The van der Waals surface area contributed by atoms with Gasteiger partial charge in [-0.25, -0.2) is 0 Å². The Morgan fingerprint density at radius 3 is 2.35 bits per heavy atom. The molecule has 3 atom stereocenters. The third-order valence-electron chi connectivity index (χ3n) is 5.90. The fourth-order valence-electron chi connectivity index (χ4n) is 4.28. The quantitative estimate of drug-likeness (QED) is 0.546. The molecule has 0 spiro atoms. The Kier molecular flexibility index (Phi) is 5.81. The van der Waals surface area contributed by atoms with Crippen molar-refractivity contribution in [3.05, 3.63) is 71.3 Å². The number of aliphatic carboxylic acids is 1. The van der Waals surface area contributed by atoms with E-state index in [1.54, 1.807) is 48.5 Å². The van der Waals surface area contributed by atoms with Crippen LogP contribution in [0.5, 0.6) is 11.5 Å². The highest BCUT2D eigenvalue weighted by Crippen LogP contribution is 2.74. The summed E-state index contributed by atoms with van der Waals surface area (Å²) in [5.74, 6) is -2.38. The van der Waals surface area contributed by atoms with E-state index in [4.69, 9.17) is 16.3 Å². The lowest BCUT2D eigenvalue weighted by molar-refractivity contribution is -0.143. The van der Waals surface area contributed by atoms with Crippen molar-refractivity contribution in [3.8, 4) is 17.6 Å². The van der Waals surface area contributed by atoms with Crippen LogP contribution >= 0.6 is 11.6 Å². The van der Waals surface area contributed by atoms with Crippen LogP contribution in [0.1, 0.15) is 25.3 Å². The van der Waals surface area contributed by atoms with Gasteiger partial charge in [-0.1, -0.05) is 55.8 Å². The molecule has 3 unspecified atom stereocenters. The molecule has 0 bridgehead atoms.